The average molecular weight is 448 g/mol. The van der Waals surface area contributed by atoms with Gasteiger partial charge in [0.2, 0.25) is 0 Å². The minimum absolute atomic E-state index is 0.182. The number of tetrazole rings is 1. The molecular weight excluding hydrogens is 435 g/mol. The molecule has 2 heterocycles. The molecule has 31 heavy (non-hydrogen) atoms. The van der Waals surface area contributed by atoms with E-state index in [0.717, 1.165) is 12.1 Å². The van der Waals surface area contributed by atoms with E-state index < -0.39 is 17.6 Å². The van der Waals surface area contributed by atoms with Gasteiger partial charge >= 0.3 is 6.18 Å². The summed E-state index contributed by atoms with van der Waals surface area (Å²) in [5.74, 6) is -0.522. The fraction of sp³-hybridized carbons (Fsp3) is 0.105. The first kappa shape index (κ1) is 20.5. The van der Waals surface area contributed by atoms with Crippen molar-refractivity contribution in [1.29, 1.82) is 0 Å². The lowest BCUT2D eigenvalue weighted by Gasteiger charge is -2.11. The molecule has 8 nitrogen and oxygen atoms in total. The SMILES string of the molecule is Cc1c(C(=O)Nc2cc(-n3cnnn3)ccc2Cl)cnn1-c1cccc(C(F)(F)F)c1. The molecule has 0 spiro atoms. The molecule has 4 rings (SSSR count). The van der Waals surface area contributed by atoms with Crippen LogP contribution in [0, 0.1) is 6.92 Å². The molecule has 0 bridgehead atoms. The Labute approximate surface area is 178 Å². The molecule has 0 aliphatic carbocycles. The number of benzene rings is 2. The van der Waals surface area contributed by atoms with Gasteiger partial charge in [0, 0.05) is 0 Å². The second-order valence-corrected chi connectivity index (χ2v) is 6.88. The van der Waals surface area contributed by atoms with Gasteiger partial charge in [0.05, 0.1) is 45.1 Å². The van der Waals surface area contributed by atoms with Crippen LogP contribution in [0.15, 0.2) is 55.0 Å². The maximum absolute atomic E-state index is 13.0. The molecule has 0 saturated heterocycles. The lowest BCUT2D eigenvalue weighted by molar-refractivity contribution is -0.137. The molecule has 12 heteroatoms. The largest absolute Gasteiger partial charge is 0.416 e. The zero-order valence-electron chi connectivity index (χ0n) is 15.8. The van der Waals surface area contributed by atoms with Crippen LogP contribution in [0.5, 0.6) is 0 Å². The van der Waals surface area contributed by atoms with E-state index >= 15 is 0 Å². The summed E-state index contributed by atoms with van der Waals surface area (Å²) in [5, 5.41) is 17.9. The molecule has 0 radical (unpaired) electrons. The van der Waals surface area contributed by atoms with E-state index in [1.54, 1.807) is 25.1 Å². The number of nitrogens with zero attached hydrogens (tertiary/aromatic N) is 6. The molecule has 4 aromatic rings. The number of hydrogen-bond donors (Lipinski definition) is 1. The van der Waals surface area contributed by atoms with Crippen molar-refractivity contribution in [3.63, 3.8) is 0 Å². The van der Waals surface area contributed by atoms with Crippen molar-refractivity contribution in [3.05, 3.63) is 76.8 Å². The fourth-order valence-electron chi connectivity index (χ4n) is 2.93. The van der Waals surface area contributed by atoms with Crippen molar-refractivity contribution in [2.45, 2.75) is 13.1 Å². The zero-order chi connectivity index (χ0) is 22.2. The number of amides is 1. The van der Waals surface area contributed by atoms with Crippen LogP contribution in [-0.4, -0.2) is 35.9 Å². The highest BCUT2D eigenvalue weighted by Crippen LogP contribution is 2.31. The second-order valence-electron chi connectivity index (χ2n) is 6.48. The summed E-state index contributed by atoms with van der Waals surface area (Å²) in [5.41, 5.74) is 0.806. The third-order valence-corrected chi connectivity index (χ3v) is 4.81. The summed E-state index contributed by atoms with van der Waals surface area (Å²) in [6.07, 6.45) is -1.82. The van der Waals surface area contributed by atoms with Gasteiger partial charge in [-0.05, 0) is 53.7 Å². The van der Waals surface area contributed by atoms with E-state index in [2.05, 4.69) is 25.9 Å². The van der Waals surface area contributed by atoms with E-state index in [1.807, 2.05) is 0 Å². The Bertz CT molecular complexity index is 1250. The summed E-state index contributed by atoms with van der Waals surface area (Å²) in [6, 6.07) is 9.53. The Hall–Kier alpha value is -3.73. The normalized spacial score (nSPS) is 11.5. The Balaban J connectivity index is 1.62. The van der Waals surface area contributed by atoms with Crippen molar-refractivity contribution in [2.75, 3.05) is 5.32 Å². The fourth-order valence-corrected chi connectivity index (χ4v) is 3.09. The Morgan fingerprint density at radius 1 is 1.13 bits per heavy atom. The van der Waals surface area contributed by atoms with Crippen molar-refractivity contribution in [1.82, 2.24) is 30.0 Å². The quantitative estimate of drug-likeness (QED) is 0.509. The molecule has 2 aromatic heterocycles. The highest BCUT2D eigenvalue weighted by atomic mass is 35.5. The Morgan fingerprint density at radius 2 is 1.94 bits per heavy atom. The van der Waals surface area contributed by atoms with Crippen molar-refractivity contribution in [2.24, 2.45) is 0 Å². The zero-order valence-corrected chi connectivity index (χ0v) is 16.6. The van der Waals surface area contributed by atoms with E-state index in [-0.39, 0.29) is 16.3 Å². The van der Waals surface area contributed by atoms with E-state index in [1.165, 1.54) is 34.0 Å². The van der Waals surface area contributed by atoms with Gasteiger partial charge in [-0.1, -0.05) is 17.7 Å². The van der Waals surface area contributed by atoms with Gasteiger partial charge in [0.15, 0.2) is 0 Å². The predicted octanol–water partition coefficient (Wildman–Crippen LogP) is 4.08. The average Bonchev–Trinajstić information content (AvgIpc) is 3.39. The minimum Gasteiger partial charge on any atom is -0.320 e. The van der Waals surface area contributed by atoms with E-state index in [9.17, 15) is 18.0 Å². The van der Waals surface area contributed by atoms with Crippen molar-refractivity contribution < 1.29 is 18.0 Å². The van der Waals surface area contributed by atoms with Crippen LogP contribution in [0.3, 0.4) is 0 Å². The van der Waals surface area contributed by atoms with Crippen LogP contribution in [-0.2, 0) is 6.18 Å². The Morgan fingerprint density at radius 3 is 2.65 bits per heavy atom. The second kappa shape index (κ2) is 7.84. The van der Waals surface area contributed by atoms with Crippen molar-refractivity contribution >= 4 is 23.2 Å². The van der Waals surface area contributed by atoms with Gasteiger partial charge in [-0.3, -0.25) is 4.79 Å². The molecular formula is C19H13ClF3N7O. The molecule has 0 aliphatic heterocycles. The van der Waals surface area contributed by atoms with Gasteiger partial charge in [-0.15, -0.1) is 5.10 Å². The lowest BCUT2D eigenvalue weighted by atomic mass is 10.2. The monoisotopic (exact) mass is 447 g/mol. The third-order valence-electron chi connectivity index (χ3n) is 4.48. The number of alkyl halides is 3. The molecule has 0 saturated carbocycles. The smallest absolute Gasteiger partial charge is 0.320 e. The number of halogens is 4. The number of hydrogen-bond acceptors (Lipinski definition) is 5. The standard InChI is InChI=1S/C19H13ClF3N7O/c1-11-15(9-25-30(11)14-4-2-3-12(7-14)19(21,22)23)18(31)26-17-8-13(5-6-16(17)20)29-10-24-27-28-29/h2-10H,1H3,(H,26,31). The molecule has 0 unspecified atom stereocenters. The number of anilines is 1. The first-order valence-corrected chi connectivity index (χ1v) is 9.18. The number of carbonyl (C=O) groups is 1. The summed E-state index contributed by atoms with van der Waals surface area (Å²) in [7, 11) is 0. The van der Waals surface area contributed by atoms with E-state index in [0.29, 0.717) is 17.1 Å². The van der Waals surface area contributed by atoms with Crippen LogP contribution in [0.1, 0.15) is 21.6 Å². The number of aromatic nitrogens is 6. The lowest BCUT2D eigenvalue weighted by Crippen LogP contribution is -2.14. The van der Waals surface area contributed by atoms with Gasteiger partial charge in [-0.2, -0.15) is 18.3 Å². The molecule has 1 amide bonds. The minimum atomic E-state index is -4.49. The molecule has 2 aromatic carbocycles. The molecule has 158 valence electrons. The van der Waals surface area contributed by atoms with Gasteiger partial charge < -0.3 is 5.32 Å². The molecule has 0 atom stereocenters. The predicted molar refractivity (Wildman–Crippen MR) is 105 cm³/mol. The first-order chi connectivity index (χ1) is 14.7. The number of nitrogens with one attached hydrogen (secondary N) is 1. The summed E-state index contributed by atoms with van der Waals surface area (Å²) < 4.78 is 41.7. The third kappa shape index (κ3) is 4.12. The van der Waals surface area contributed by atoms with Gasteiger partial charge in [0.25, 0.3) is 5.91 Å². The molecule has 1 N–H and O–H groups in total. The van der Waals surface area contributed by atoms with Gasteiger partial charge in [-0.25, -0.2) is 9.36 Å². The molecule has 0 fully saturated rings. The maximum atomic E-state index is 13.0. The summed E-state index contributed by atoms with van der Waals surface area (Å²) in [6.45, 7) is 1.58. The number of rotatable bonds is 4. The molecule has 0 aliphatic rings. The van der Waals surface area contributed by atoms with Crippen molar-refractivity contribution in [3.8, 4) is 11.4 Å². The summed E-state index contributed by atoms with van der Waals surface area (Å²) >= 11 is 6.19. The number of carbonyl (C=O) groups excluding carboxylic acids is 1. The highest BCUT2D eigenvalue weighted by molar-refractivity contribution is 6.34. The van der Waals surface area contributed by atoms with Crippen LogP contribution < -0.4 is 5.32 Å². The van der Waals surface area contributed by atoms with Crippen LogP contribution in [0.4, 0.5) is 18.9 Å². The van der Waals surface area contributed by atoms with Crippen LogP contribution in [0.2, 0.25) is 5.02 Å². The van der Waals surface area contributed by atoms with Crippen LogP contribution >= 0.6 is 11.6 Å². The van der Waals surface area contributed by atoms with Crippen LogP contribution in [0.25, 0.3) is 11.4 Å². The van der Waals surface area contributed by atoms with E-state index in [4.69, 9.17) is 11.6 Å². The van der Waals surface area contributed by atoms with Gasteiger partial charge in [0.1, 0.15) is 6.33 Å². The Kier molecular flexibility index (Phi) is 5.19. The highest BCUT2D eigenvalue weighted by Gasteiger charge is 2.30. The maximum Gasteiger partial charge on any atom is 0.416 e. The topological polar surface area (TPSA) is 90.5 Å². The first-order valence-electron chi connectivity index (χ1n) is 8.80. The summed E-state index contributed by atoms with van der Waals surface area (Å²) in [4.78, 5) is 12.8.